The number of aryl methyl sites for hydroxylation is 2. The summed E-state index contributed by atoms with van der Waals surface area (Å²) in [6, 6.07) is 9.21. The third-order valence-electron chi connectivity index (χ3n) is 4.45. The Morgan fingerprint density at radius 2 is 2.08 bits per heavy atom. The zero-order valence-electron chi connectivity index (χ0n) is 14.0. The molecule has 126 valence electrons. The van der Waals surface area contributed by atoms with Gasteiger partial charge in [-0.25, -0.2) is 4.98 Å². The first-order chi connectivity index (χ1) is 11.6. The Morgan fingerprint density at radius 1 is 1.33 bits per heavy atom. The third kappa shape index (κ3) is 3.32. The number of imidazole rings is 1. The second-order valence-corrected chi connectivity index (χ2v) is 6.24. The number of rotatable bonds is 5. The fourth-order valence-electron chi connectivity index (χ4n) is 3.16. The predicted molar refractivity (Wildman–Crippen MR) is 91.5 cm³/mol. The molecule has 1 aromatic carbocycles. The lowest BCUT2D eigenvalue weighted by molar-refractivity contribution is -0.126. The summed E-state index contributed by atoms with van der Waals surface area (Å²) in [5.41, 5.74) is 1.88. The van der Waals surface area contributed by atoms with E-state index in [9.17, 15) is 9.59 Å². The van der Waals surface area contributed by atoms with Crippen LogP contribution in [0.1, 0.15) is 25.5 Å². The number of hydrogen-bond donors (Lipinski definition) is 1. The highest BCUT2D eigenvalue weighted by atomic mass is 16.2. The lowest BCUT2D eigenvalue weighted by Crippen LogP contribution is -2.42. The molecule has 2 amide bonds. The highest BCUT2D eigenvalue weighted by molar-refractivity contribution is 6.01. The van der Waals surface area contributed by atoms with Gasteiger partial charge in [0.2, 0.25) is 11.8 Å². The highest BCUT2D eigenvalue weighted by Crippen LogP contribution is 2.26. The molecule has 0 radical (unpaired) electrons. The molecule has 0 saturated carbocycles. The van der Waals surface area contributed by atoms with E-state index < -0.39 is 6.04 Å². The van der Waals surface area contributed by atoms with Crippen LogP contribution in [-0.4, -0.2) is 33.4 Å². The van der Waals surface area contributed by atoms with E-state index in [0.29, 0.717) is 19.3 Å². The molecule has 1 aliphatic rings. The average molecular weight is 326 g/mol. The number of carbonyl (C=O) groups excluding carboxylic acids is 2. The maximum atomic E-state index is 12.6. The fraction of sp³-hybridized carbons (Fsp3) is 0.389. The second kappa shape index (κ2) is 6.86. The van der Waals surface area contributed by atoms with E-state index in [1.165, 1.54) is 0 Å². The van der Waals surface area contributed by atoms with Crippen molar-refractivity contribution in [1.29, 1.82) is 0 Å². The standard InChI is InChI=1S/C18H22N4O2/c1-13-10-16(18(24)22(13)14-6-4-3-5-7-14)20-17(23)9-8-15-11-19-12-21(15)2/h3-7,11-13,16H,8-10H2,1-2H3,(H,20,23)/t13-,16-/m0/s1. The summed E-state index contributed by atoms with van der Waals surface area (Å²) in [6.07, 6.45) is 5.07. The van der Waals surface area contributed by atoms with Crippen molar-refractivity contribution < 1.29 is 9.59 Å². The molecule has 6 nitrogen and oxygen atoms in total. The summed E-state index contributed by atoms with van der Waals surface area (Å²) in [7, 11) is 1.90. The highest BCUT2D eigenvalue weighted by Gasteiger charge is 2.38. The Balaban J connectivity index is 1.59. The van der Waals surface area contributed by atoms with E-state index in [0.717, 1.165) is 11.4 Å². The number of benzene rings is 1. The SMILES string of the molecule is C[C@H]1C[C@H](NC(=O)CCc2cncn2C)C(=O)N1c1ccccc1. The molecule has 0 unspecified atom stereocenters. The van der Waals surface area contributed by atoms with Crippen LogP contribution in [0.25, 0.3) is 0 Å². The molecule has 1 fully saturated rings. The van der Waals surface area contributed by atoms with Gasteiger partial charge in [-0.1, -0.05) is 18.2 Å². The maximum Gasteiger partial charge on any atom is 0.249 e. The zero-order chi connectivity index (χ0) is 17.1. The Kier molecular flexibility index (Phi) is 4.64. The molecule has 2 heterocycles. The Hall–Kier alpha value is -2.63. The zero-order valence-corrected chi connectivity index (χ0v) is 14.0. The number of nitrogens with zero attached hydrogens (tertiary/aromatic N) is 3. The third-order valence-corrected chi connectivity index (χ3v) is 4.45. The van der Waals surface area contributed by atoms with Gasteiger partial charge in [-0.05, 0) is 31.9 Å². The molecule has 1 aliphatic heterocycles. The summed E-state index contributed by atoms with van der Waals surface area (Å²) >= 11 is 0. The van der Waals surface area contributed by atoms with Gasteiger partial charge >= 0.3 is 0 Å². The number of aromatic nitrogens is 2. The number of amides is 2. The van der Waals surface area contributed by atoms with Gasteiger partial charge in [0, 0.05) is 37.1 Å². The largest absolute Gasteiger partial charge is 0.344 e. The van der Waals surface area contributed by atoms with Gasteiger partial charge in [0.1, 0.15) is 6.04 Å². The van der Waals surface area contributed by atoms with Crippen LogP contribution >= 0.6 is 0 Å². The number of nitrogens with one attached hydrogen (secondary N) is 1. The molecule has 0 aliphatic carbocycles. The van der Waals surface area contributed by atoms with Crippen LogP contribution < -0.4 is 10.2 Å². The van der Waals surface area contributed by atoms with Gasteiger partial charge in [0.15, 0.2) is 0 Å². The van der Waals surface area contributed by atoms with Gasteiger partial charge in [0.25, 0.3) is 0 Å². The van der Waals surface area contributed by atoms with E-state index in [-0.39, 0.29) is 17.9 Å². The number of para-hydroxylation sites is 1. The number of hydrogen-bond acceptors (Lipinski definition) is 3. The van der Waals surface area contributed by atoms with Crippen molar-refractivity contribution in [3.05, 3.63) is 48.5 Å². The van der Waals surface area contributed by atoms with Gasteiger partial charge in [0.05, 0.1) is 6.33 Å². The van der Waals surface area contributed by atoms with Gasteiger partial charge in [-0.2, -0.15) is 0 Å². The summed E-state index contributed by atoms with van der Waals surface area (Å²) in [5.74, 6) is -0.140. The van der Waals surface area contributed by atoms with Crippen LogP contribution in [0.5, 0.6) is 0 Å². The molecule has 0 spiro atoms. The smallest absolute Gasteiger partial charge is 0.249 e. The molecule has 1 saturated heterocycles. The van der Waals surface area contributed by atoms with Gasteiger partial charge in [-0.3, -0.25) is 9.59 Å². The molecule has 1 aromatic heterocycles. The van der Waals surface area contributed by atoms with Crippen molar-refractivity contribution in [2.24, 2.45) is 7.05 Å². The summed E-state index contributed by atoms with van der Waals surface area (Å²) in [6.45, 7) is 2.01. The quantitative estimate of drug-likeness (QED) is 0.909. The minimum Gasteiger partial charge on any atom is -0.344 e. The summed E-state index contributed by atoms with van der Waals surface area (Å²) in [5, 5.41) is 2.88. The van der Waals surface area contributed by atoms with Crippen molar-refractivity contribution in [2.45, 2.75) is 38.3 Å². The van der Waals surface area contributed by atoms with Crippen LogP contribution in [0.2, 0.25) is 0 Å². The van der Waals surface area contributed by atoms with Gasteiger partial charge < -0.3 is 14.8 Å². The molecular weight excluding hydrogens is 304 g/mol. The van der Waals surface area contributed by atoms with Crippen molar-refractivity contribution >= 4 is 17.5 Å². The maximum absolute atomic E-state index is 12.6. The first-order valence-corrected chi connectivity index (χ1v) is 8.19. The van der Waals surface area contributed by atoms with E-state index in [2.05, 4.69) is 10.3 Å². The lowest BCUT2D eigenvalue weighted by atomic mass is 10.1. The Bertz CT molecular complexity index is 726. The Morgan fingerprint density at radius 3 is 2.75 bits per heavy atom. The molecule has 0 bridgehead atoms. The van der Waals surface area contributed by atoms with Crippen molar-refractivity contribution in [3.8, 4) is 0 Å². The Labute approximate surface area is 141 Å². The van der Waals surface area contributed by atoms with Crippen molar-refractivity contribution in [1.82, 2.24) is 14.9 Å². The minimum absolute atomic E-state index is 0.0393. The van der Waals surface area contributed by atoms with E-state index in [4.69, 9.17) is 0 Å². The second-order valence-electron chi connectivity index (χ2n) is 6.24. The van der Waals surface area contributed by atoms with E-state index >= 15 is 0 Å². The average Bonchev–Trinajstić information content (AvgIpc) is 3.09. The van der Waals surface area contributed by atoms with Crippen LogP contribution in [0.3, 0.4) is 0 Å². The van der Waals surface area contributed by atoms with Crippen LogP contribution in [0, 0.1) is 0 Å². The van der Waals surface area contributed by atoms with Crippen molar-refractivity contribution in [2.75, 3.05) is 4.90 Å². The molecule has 1 N–H and O–H groups in total. The molecule has 2 atom stereocenters. The molecule has 2 aromatic rings. The monoisotopic (exact) mass is 326 g/mol. The predicted octanol–water partition coefficient (Wildman–Crippen LogP) is 1.66. The lowest BCUT2D eigenvalue weighted by Gasteiger charge is -2.21. The minimum atomic E-state index is -0.445. The van der Waals surface area contributed by atoms with Crippen LogP contribution in [0.15, 0.2) is 42.9 Å². The first kappa shape index (κ1) is 16.2. The molecule has 24 heavy (non-hydrogen) atoms. The first-order valence-electron chi connectivity index (χ1n) is 8.19. The summed E-state index contributed by atoms with van der Waals surface area (Å²) in [4.78, 5) is 30.6. The van der Waals surface area contributed by atoms with Crippen LogP contribution in [-0.2, 0) is 23.1 Å². The number of anilines is 1. The van der Waals surface area contributed by atoms with Crippen LogP contribution in [0.4, 0.5) is 5.69 Å². The van der Waals surface area contributed by atoms with E-state index in [1.807, 2.05) is 48.9 Å². The van der Waals surface area contributed by atoms with Gasteiger partial charge in [-0.15, -0.1) is 0 Å². The van der Waals surface area contributed by atoms with E-state index in [1.54, 1.807) is 17.4 Å². The molecular formula is C18H22N4O2. The molecule has 3 rings (SSSR count). The van der Waals surface area contributed by atoms with Crippen molar-refractivity contribution in [3.63, 3.8) is 0 Å². The number of carbonyl (C=O) groups is 2. The fourth-order valence-corrected chi connectivity index (χ4v) is 3.16. The molecule has 6 heteroatoms. The normalized spacial score (nSPS) is 20.4. The summed E-state index contributed by atoms with van der Waals surface area (Å²) < 4.78 is 1.90. The topological polar surface area (TPSA) is 67.2 Å².